The zero-order chi connectivity index (χ0) is 7.56. The first-order valence-corrected chi connectivity index (χ1v) is 3.50. The molecule has 1 atom stereocenters. The monoisotopic (exact) mass is 158 g/mol. The topological polar surface area (TPSA) is 0 Å². The van der Waals surface area contributed by atoms with Gasteiger partial charge in [0.2, 0.25) is 0 Å². The van der Waals surface area contributed by atoms with E-state index in [0.29, 0.717) is 0 Å². The molecule has 0 fully saturated rings. The lowest BCUT2D eigenvalue weighted by atomic mass is 10.2. The van der Waals surface area contributed by atoms with Crippen molar-refractivity contribution in [1.82, 2.24) is 0 Å². The van der Waals surface area contributed by atoms with Gasteiger partial charge in [-0.15, -0.1) is 11.6 Å². The fourth-order valence-corrected chi connectivity index (χ4v) is 1.09. The lowest BCUT2D eigenvalue weighted by molar-refractivity contribution is 0.663. The number of alkyl halides is 1. The summed E-state index contributed by atoms with van der Waals surface area (Å²) in [6, 6.07) is 0. The maximum Gasteiger partial charge on any atom is 0.121 e. The van der Waals surface area contributed by atoms with Gasteiger partial charge in [-0.1, -0.05) is 17.7 Å². The van der Waals surface area contributed by atoms with Crippen LogP contribution in [-0.4, -0.2) is 5.38 Å². The smallest absolute Gasteiger partial charge is 0.121 e. The van der Waals surface area contributed by atoms with Crippen molar-refractivity contribution >= 4 is 11.6 Å². The third kappa shape index (κ3) is 1.99. The summed E-state index contributed by atoms with van der Waals surface area (Å²) in [6.07, 6.45) is 6.28. The molecule has 0 heterocycles. The molecule has 10 heavy (non-hydrogen) atoms. The number of allylic oxidation sites excluding steroid dienone is 6. The zero-order valence-corrected chi connectivity index (χ0v) is 6.40. The van der Waals surface area contributed by atoms with Crippen LogP contribution in [0, 0.1) is 0 Å². The standard InChI is InChI=1S/C8H8ClF/c1-6-2-3-8(10)5-7(9)4-6/h2-5,7H,1H3. The maximum atomic E-state index is 12.5. The largest absolute Gasteiger partial charge is 0.207 e. The van der Waals surface area contributed by atoms with Gasteiger partial charge in [-0.3, -0.25) is 0 Å². The van der Waals surface area contributed by atoms with E-state index >= 15 is 0 Å². The molecule has 0 bridgehead atoms. The first-order valence-electron chi connectivity index (χ1n) is 3.06. The quantitative estimate of drug-likeness (QED) is 0.476. The molecule has 0 spiro atoms. The average Bonchev–Trinajstić information content (AvgIpc) is 1.93. The second kappa shape index (κ2) is 3.02. The predicted molar refractivity (Wildman–Crippen MR) is 41.7 cm³/mol. The van der Waals surface area contributed by atoms with Gasteiger partial charge in [0.1, 0.15) is 5.83 Å². The van der Waals surface area contributed by atoms with Crippen molar-refractivity contribution in [3.8, 4) is 0 Å². The highest BCUT2D eigenvalue weighted by Gasteiger charge is 2.01. The molecule has 0 radical (unpaired) electrons. The summed E-state index contributed by atoms with van der Waals surface area (Å²) in [5, 5.41) is -0.310. The van der Waals surface area contributed by atoms with Gasteiger partial charge in [0.25, 0.3) is 0 Å². The summed E-state index contributed by atoms with van der Waals surface area (Å²) in [5.41, 5.74) is 0.990. The van der Waals surface area contributed by atoms with Crippen molar-refractivity contribution in [2.75, 3.05) is 0 Å². The van der Waals surface area contributed by atoms with E-state index in [1.165, 1.54) is 12.2 Å². The van der Waals surface area contributed by atoms with Gasteiger partial charge >= 0.3 is 0 Å². The summed E-state index contributed by atoms with van der Waals surface area (Å²) < 4.78 is 12.5. The Morgan fingerprint density at radius 3 is 2.80 bits per heavy atom. The molecule has 0 amide bonds. The van der Waals surface area contributed by atoms with Gasteiger partial charge in [-0.2, -0.15) is 0 Å². The van der Waals surface area contributed by atoms with E-state index < -0.39 is 0 Å². The second-order valence-electron chi connectivity index (χ2n) is 2.24. The van der Waals surface area contributed by atoms with E-state index in [9.17, 15) is 4.39 Å². The van der Waals surface area contributed by atoms with E-state index in [4.69, 9.17) is 11.6 Å². The molecule has 0 aromatic rings. The Balaban J connectivity index is 2.87. The van der Waals surface area contributed by atoms with Gasteiger partial charge in [0.15, 0.2) is 0 Å². The lowest BCUT2D eigenvalue weighted by Gasteiger charge is -1.92. The molecule has 1 aliphatic rings. The third-order valence-electron chi connectivity index (χ3n) is 1.25. The van der Waals surface area contributed by atoms with E-state index in [1.54, 1.807) is 12.2 Å². The van der Waals surface area contributed by atoms with Gasteiger partial charge in [-0.05, 0) is 19.1 Å². The molecule has 0 aromatic carbocycles. The summed E-state index contributed by atoms with van der Waals surface area (Å²) in [6.45, 7) is 1.89. The van der Waals surface area contributed by atoms with Crippen LogP contribution >= 0.6 is 11.6 Å². The van der Waals surface area contributed by atoms with Crippen molar-refractivity contribution in [2.24, 2.45) is 0 Å². The van der Waals surface area contributed by atoms with Crippen LogP contribution in [0.1, 0.15) is 6.92 Å². The molecule has 54 valence electrons. The van der Waals surface area contributed by atoms with Crippen LogP contribution in [-0.2, 0) is 0 Å². The normalized spacial score (nSPS) is 25.3. The predicted octanol–water partition coefficient (Wildman–Crippen LogP) is 2.96. The first kappa shape index (κ1) is 7.55. The van der Waals surface area contributed by atoms with Crippen molar-refractivity contribution < 1.29 is 4.39 Å². The highest BCUT2D eigenvalue weighted by atomic mass is 35.5. The number of hydrogen-bond acceptors (Lipinski definition) is 0. The second-order valence-corrected chi connectivity index (χ2v) is 2.74. The van der Waals surface area contributed by atoms with Gasteiger partial charge in [0.05, 0.1) is 5.38 Å². The van der Waals surface area contributed by atoms with E-state index in [0.717, 1.165) is 5.57 Å². The molecule has 1 aliphatic carbocycles. The highest BCUT2D eigenvalue weighted by molar-refractivity contribution is 6.23. The summed E-state index contributed by atoms with van der Waals surface area (Å²) >= 11 is 5.68. The fourth-order valence-electron chi connectivity index (χ4n) is 0.774. The van der Waals surface area contributed by atoms with Crippen LogP contribution in [0.2, 0.25) is 0 Å². The fraction of sp³-hybridized carbons (Fsp3) is 0.250. The third-order valence-corrected chi connectivity index (χ3v) is 1.50. The average molecular weight is 159 g/mol. The Bertz CT molecular complexity index is 191. The Morgan fingerprint density at radius 2 is 2.10 bits per heavy atom. The van der Waals surface area contributed by atoms with Crippen molar-refractivity contribution in [3.63, 3.8) is 0 Å². The van der Waals surface area contributed by atoms with Crippen LogP contribution in [0.4, 0.5) is 4.39 Å². The number of hydrogen-bond donors (Lipinski definition) is 0. The lowest BCUT2D eigenvalue weighted by Crippen LogP contribution is -1.86. The minimum Gasteiger partial charge on any atom is -0.207 e. The molecule has 1 rings (SSSR count). The van der Waals surface area contributed by atoms with Gasteiger partial charge < -0.3 is 0 Å². The Hall–Kier alpha value is -0.560. The van der Waals surface area contributed by atoms with Gasteiger partial charge in [-0.25, -0.2) is 4.39 Å². The van der Waals surface area contributed by atoms with Crippen molar-refractivity contribution in [2.45, 2.75) is 12.3 Å². The molecular weight excluding hydrogens is 151 g/mol. The SMILES string of the molecule is CC1=CC(Cl)C=C(F)C=C1. The van der Waals surface area contributed by atoms with E-state index in [-0.39, 0.29) is 11.2 Å². The summed E-state index contributed by atoms with van der Waals surface area (Å²) in [4.78, 5) is 0. The minimum atomic E-state index is -0.310. The highest BCUT2D eigenvalue weighted by Crippen LogP contribution is 2.14. The molecule has 0 aliphatic heterocycles. The molecular formula is C8H8ClF. The maximum absolute atomic E-state index is 12.5. The Morgan fingerprint density at radius 1 is 1.40 bits per heavy atom. The Labute approximate surface area is 64.7 Å². The number of rotatable bonds is 0. The van der Waals surface area contributed by atoms with Gasteiger partial charge in [0, 0.05) is 0 Å². The summed E-state index contributed by atoms with van der Waals surface area (Å²) in [5.74, 6) is -0.270. The van der Waals surface area contributed by atoms with Crippen LogP contribution in [0.3, 0.4) is 0 Å². The van der Waals surface area contributed by atoms with Crippen LogP contribution in [0.25, 0.3) is 0 Å². The molecule has 1 unspecified atom stereocenters. The molecule has 0 nitrogen and oxygen atoms in total. The van der Waals surface area contributed by atoms with Crippen molar-refractivity contribution in [1.29, 1.82) is 0 Å². The van der Waals surface area contributed by atoms with Crippen LogP contribution < -0.4 is 0 Å². The summed E-state index contributed by atoms with van der Waals surface area (Å²) in [7, 11) is 0. The minimum absolute atomic E-state index is 0.270. The van der Waals surface area contributed by atoms with Crippen LogP contribution in [0.5, 0.6) is 0 Å². The molecule has 0 aromatic heterocycles. The first-order chi connectivity index (χ1) is 4.68. The molecule has 0 N–H and O–H groups in total. The zero-order valence-electron chi connectivity index (χ0n) is 5.64. The number of halogens is 2. The van der Waals surface area contributed by atoms with Crippen molar-refractivity contribution in [3.05, 3.63) is 35.7 Å². The van der Waals surface area contributed by atoms with E-state index in [1.807, 2.05) is 6.92 Å². The van der Waals surface area contributed by atoms with E-state index in [2.05, 4.69) is 0 Å². The molecule has 0 saturated heterocycles. The molecule has 0 saturated carbocycles. The molecule has 2 heteroatoms. The Kier molecular flexibility index (Phi) is 2.28. The van der Waals surface area contributed by atoms with Crippen LogP contribution in [0.15, 0.2) is 35.7 Å².